The molecular weight excluding hydrogens is 182 g/mol. The number of nitrogens with one attached hydrogen (secondary N) is 1. The molecule has 2 nitrogen and oxygen atoms in total. The van der Waals surface area contributed by atoms with E-state index in [4.69, 9.17) is 0 Å². The average Bonchev–Trinajstić information content (AvgIpc) is 2.16. The van der Waals surface area contributed by atoms with Gasteiger partial charge in [-0.15, -0.1) is 0 Å². The molecule has 1 atom stereocenters. The molecule has 1 unspecified atom stereocenters. The highest BCUT2D eigenvalue weighted by Crippen LogP contribution is 2.10. The first-order chi connectivity index (χ1) is 6.33. The lowest BCUT2D eigenvalue weighted by molar-refractivity contribution is 0.681. The van der Waals surface area contributed by atoms with Crippen LogP contribution in [-0.4, -0.2) is 29.3 Å². The molecular formula is C10H19NOS. The highest BCUT2D eigenvalue weighted by Gasteiger charge is 2.03. The second kappa shape index (κ2) is 6.11. The first kappa shape index (κ1) is 10.7. The van der Waals surface area contributed by atoms with Gasteiger partial charge in [-0.05, 0) is 25.5 Å². The van der Waals surface area contributed by atoms with Crippen molar-refractivity contribution in [1.29, 1.82) is 0 Å². The van der Waals surface area contributed by atoms with Gasteiger partial charge in [-0.1, -0.05) is 18.2 Å². The minimum absolute atomic E-state index is 0. The Balaban J connectivity index is 0.00000169. The zero-order chi connectivity index (χ0) is 9.52. The van der Waals surface area contributed by atoms with E-state index in [0.29, 0.717) is 0 Å². The summed E-state index contributed by atoms with van der Waals surface area (Å²) in [6.07, 6.45) is 8.68. The summed E-state index contributed by atoms with van der Waals surface area (Å²) >= 11 is 0. The highest BCUT2D eigenvalue weighted by molar-refractivity contribution is 7.85. The van der Waals surface area contributed by atoms with E-state index < -0.39 is 10.8 Å². The van der Waals surface area contributed by atoms with Crippen LogP contribution in [0.15, 0.2) is 23.8 Å². The van der Waals surface area contributed by atoms with Crippen LogP contribution in [0.25, 0.3) is 0 Å². The maximum absolute atomic E-state index is 11.5. The van der Waals surface area contributed by atoms with Crippen molar-refractivity contribution in [2.75, 3.05) is 25.1 Å². The maximum atomic E-state index is 11.5. The Morgan fingerprint density at radius 3 is 3.08 bits per heavy atom. The molecule has 13 heavy (non-hydrogen) atoms. The molecule has 1 N–H and O–H groups in total. The van der Waals surface area contributed by atoms with E-state index in [1.807, 2.05) is 7.05 Å². The summed E-state index contributed by atoms with van der Waals surface area (Å²) in [5, 5.41) is 3.01. The topological polar surface area (TPSA) is 29.1 Å². The lowest BCUT2D eigenvalue weighted by Crippen LogP contribution is -2.17. The zero-order valence-electron chi connectivity index (χ0n) is 8.08. The Bertz CT molecular complexity index is 238. The van der Waals surface area contributed by atoms with Gasteiger partial charge in [0.25, 0.3) is 0 Å². The van der Waals surface area contributed by atoms with Crippen molar-refractivity contribution >= 4 is 10.8 Å². The fraction of sp³-hybridized carbons (Fsp3) is 0.600. The molecule has 1 rings (SSSR count). The maximum Gasteiger partial charge on any atom is 0.0482 e. The Morgan fingerprint density at radius 1 is 1.62 bits per heavy atom. The van der Waals surface area contributed by atoms with Crippen molar-refractivity contribution in [3.8, 4) is 0 Å². The molecule has 0 aromatic rings. The van der Waals surface area contributed by atoms with E-state index in [1.54, 1.807) is 0 Å². The fourth-order valence-electron chi connectivity index (χ4n) is 1.25. The minimum Gasteiger partial charge on any atom is -0.319 e. The molecule has 0 spiro atoms. The molecule has 0 saturated carbocycles. The predicted molar refractivity (Wildman–Crippen MR) is 60.4 cm³/mol. The molecule has 0 heterocycles. The molecule has 3 heteroatoms. The van der Waals surface area contributed by atoms with Crippen LogP contribution in [0.2, 0.25) is 0 Å². The van der Waals surface area contributed by atoms with Crippen molar-refractivity contribution in [2.45, 2.75) is 12.8 Å². The first-order valence-electron chi connectivity index (χ1n) is 4.68. The van der Waals surface area contributed by atoms with Crippen LogP contribution in [0.5, 0.6) is 0 Å². The van der Waals surface area contributed by atoms with Gasteiger partial charge in [0, 0.05) is 30.3 Å². The second-order valence-electron chi connectivity index (χ2n) is 3.15. The standard InChI is InChI=1S/C10H17NOS.H2/c1-11-7-8-13(12)9-10-5-3-2-4-6-10;/h3,5-6,11H,2,4,7-9H2,1H3;1H. The van der Waals surface area contributed by atoms with Crippen LogP contribution in [-0.2, 0) is 10.8 Å². The van der Waals surface area contributed by atoms with Crippen molar-refractivity contribution < 1.29 is 5.64 Å². The molecule has 0 bridgehead atoms. The van der Waals surface area contributed by atoms with Gasteiger partial charge in [0.1, 0.15) is 0 Å². The summed E-state index contributed by atoms with van der Waals surface area (Å²) in [7, 11) is 1.19. The number of rotatable bonds is 5. The van der Waals surface area contributed by atoms with Gasteiger partial charge in [0.2, 0.25) is 0 Å². The predicted octanol–water partition coefficient (Wildman–Crippen LogP) is 1.48. The molecule has 0 saturated heterocycles. The Labute approximate surface area is 84.0 Å². The molecule has 1 aliphatic carbocycles. The quantitative estimate of drug-likeness (QED) is 0.730. The van der Waals surface area contributed by atoms with Gasteiger partial charge in [-0.3, -0.25) is 4.21 Å². The van der Waals surface area contributed by atoms with Crippen LogP contribution in [0.1, 0.15) is 14.3 Å². The molecule has 0 aliphatic heterocycles. The van der Waals surface area contributed by atoms with Crippen molar-refractivity contribution in [3.05, 3.63) is 23.8 Å². The van der Waals surface area contributed by atoms with E-state index in [1.165, 1.54) is 5.57 Å². The zero-order valence-corrected chi connectivity index (χ0v) is 8.90. The summed E-state index contributed by atoms with van der Waals surface area (Å²) in [6, 6.07) is 0. The lowest BCUT2D eigenvalue weighted by Gasteiger charge is -2.06. The van der Waals surface area contributed by atoms with E-state index in [0.717, 1.165) is 30.9 Å². The Morgan fingerprint density at radius 2 is 2.46 bits per heavy atom. The van der Waals surface area contributed by atoms with E-state index in [9.17, 15) is 4.21 Å². The largest absolute Gasteiger partial charge is 0.319 e. The summed E-state index contributed by atoms with van der Waals surface area (Å²) in [6.45, 7) is 0.837. The van der Waals surface area contributed by atoms with E-state index >= 15 is 0 Å². The fourth-order valence-corrected chi connectivity index (χ4v) is 2.41. The van der Waals surface area contributed by atoms with Gasteiger partial charge in [0.05, 0.1) is 0 Å². The second-order valence-corrected chi connectivity index (χ2v) is 4.73. The molecule has 0 aromatic carbocycles. The van der Waals surface area contributed by atoms with Gasteiger partial charge < -0.3 is 5.32 Å². The van der Waals surface area contributed by atoms with Gasteiger partial charge >= 0.3 is 0 Å². The third-order valence-corrected chi connectivity index (χ3v) is 3.29. The molecule has 0 aromatic heterocycles. The summed E-state index contributed by atoms with van der Waals surface area (Å²) in [5.41, 5.74) is 1.24. The van der Waals surface area contributed by atoms with Crippen LogP contribution in [0.4, 0.5) is 0 Å². The van der Waals surface area contributed by atoms with E-state index in [-0.39, 0.29) is 1.43 Å². The third-order valence-electron chi connectivity index (χ3n) is 1.98. The van der Waals surface area contributed by atoms with Gasteiger partial charge in [-0.25, -0.2) is 0 Å². The minimum atomic E-state index is -0.699. The summed E-state index contributed by atoms with van der Waals surface area (Å²) < 4.78 is 11.5. The first-order valence-corrected chi connectivity index (χ1v) is 6.17. The van der Waals surface area contributed by atoms with Crippen LogP contribution >= 0.6 is 0 Å². The Hall–Kier alpha value is -0.410. The SMILES string of the molecule is CNCCS(=O)CC1=CCCC=C1.[HH]. The number of allylic oxidation sites excluding steroid dienone is 3. The molecule has 1 aliphatic rings. The van der Waals surface area contributed by atoms with Crippen molar-refractivity contribution in [2.24, 2.45) is 0 Å². The summed E-state index contributed by atoms with van der Waals surface area (Å²) in [4.78, 5) is 0. The number of hydrogen-bond donors (Lipinski definition) is 1. The van der Waals surface area contributed by atoms with Crippen LogP contribution in [0, 0.1) is 0 Å². The number of hydrogen-bond acceptors (Lipinski definition) is 2. The monoisotopic (exact) mass is 201 g/mol. The molecule has 0 radical (unpaired) electrons. The smallest absolute Gasteiger partial charge is 0.0482 e. The third kappa shape index (κ3) is 4.39. The average molecular weight is 201 g/mol. The van der Waals surface area contributed by atoms with Crippen LogP contribution in [0.3, 0.4) is 0 Å². The molecule has 0 fully saturated rings. The summed E-state index contributed by atoms with van der Waals surface area (Å²) in [5.74, 6) is 1.47. The molecule has 76 valence electrons. The lowest BCUT2D eigenvalue weighted by atomic mass is 10.1. The van der Waals surface area contributed by atoms with E-state index in [2.05, 4.69) is 23.5 Å². The Kier molecular flexibility index (Phi) is 5.01. The van der Waals surface area contributed by atoms with Crippen molar-refractivity contribution in [3.63, 3.8) is 0 Å². The normalized spacial score (nSPS) is 18.4. The highest BCUT2D eigenvalue weighted by atomic mass is 32.2. The van der Waals surface area contributed by atoms with Crippen LogP contribution < -0.4 is 5.32 Å². The van der Waals surface area contributed by atoms with Gasteiger partial charge in [0.15, 0.2) is 0 Å². The van der Waals surface area contributed by atoms with Crippen molar-refractivity contribution in [1.82, 2.24) is 5.32 Å². The molecule has 0 amide bonds. The van der Waals surface area contributed by atoms with Gasteiger partial charge in [-0.2, -0.15) is 0 Å².